The van der Waals surface area contributed by atoms with E-state index in [0.29, 0.717) is 17.1 Å². The van der Waals surface area contributed by atoms with Gasteiger partial charge in [0, 0.05) is 7.05 Å². The highest BCUT2D eigenvalue weighted by molar-refractivity contribution is 5.46. The largest absolute Gasteiger partial charge is 0.249 e. The summed E-state index contributed by atoms with van der Waals surface area (Å²) in [4.78, 5) is 3.83. The Morgan fingerprint density at radius 1 is 1.50 bits per heavy atom. The summed E-state index contributed by atoms with van der Waals surface area (Å²) >= 11 is 0. The molecule has 0 atom stereocenters. The highest BCUT2D eigenvalue weighted by Crippen LogP contribution is 2.14. The van der Waals surface area contributed by atoms with Crippen molar-refractivity contribution in [1.29, 1.82) is 5.26 Å². The lowest BCUT2D eigenvalue weighted by Gasteiger charge is -1.99. The summed E-state index contributed by atoms with van der Waals surface area (Å²) in [7, 11) is 1.77. The fourth-order valence-corrected chi connectivity index (χ4v) is 1.36. The van der Waals surface area contributed by atoms with Gasteiger partial charge in [0.2, 0.25) is 0 Å². The molecular formula is C8H8N6. The summed E-state index contributed by atoms with van der Waals surface area (Å²) in [5.41, 5.74) is 1.22. The molecule has 14 heavy (non-hydrogen) atoms. The van der Waals surface area contributed by atoms with E-state index in [2.05, 4.69) is 21.3 Å². The molecule has 6 heteroatoms. The lowest BCUT2D eigenvalue weighted by atomic mass is 10.3. The highest BCUT2D eigenvalue weighted by Gasteiger charge is 2.14. The van der Waals surface area contributed by atoms with Crippen LogP contribution in [-0.4, -0.2) is 24.5 Å². The van der Waals surface area contributed by atoms with E-state index < -0.39 is 0 Å². The van der Waals surface area contributed by atoms with E-state index in [4.69, 9.17) is 5.26 Å². The number of hydrogen-bond acceptors (Lipinski definition) is 4. The normalized spacial score (nSPS) is 10.1. The average Bonchev–Trinajstić information content (AvgIpc) is 2.72. The molecule has 0 spiro atoms. The van der Waals surface area contributed by atoms with Crippen molar-refractivity contribution in [2.24, 2.45) is 7.05 Å². The van der Waals surface area contributed by atoms with Crippen molar-refractivity contribution < 1.29 is 0 Å². The van der Waals surface area contributed by atoms with Crippen molar-refractivity contribution >= 4 is 0 Å². The maximum Gasteiger partial charge on any atom is 0.171 e. The van der Waals surface area contributed by atoms with Crippen LogP contribution in [-0.2, 0) is 7.05 Å². The minimum atomic E-state index is 0.526. The molecule has 0 saturated carbocycles. The SMILES string of the molecule is Cc1nn(C)c(-n2cncn2)c1C#N. The van der Waals surface area contributed by atoms with Gasteiger partial charge in [-0.1, -0.05) is 0 Å². The van der Waals surface area contributed by atoms with E-state index in [1.807, 2.05) is 0 Å². The van der Waals surface area contributed by atoms with E-state index >= 15 is 0 Å². The first-order valence-electron chi connectivity index (χ1n) is 4.02. The fraction of sp³-hybridized carbons (Fsp3) is 0.250. The van der Waals surface area contributed by atoms with Gasteiger partial charge in [-0.25, -0.2) is 14.3 Å². The summed E-state index contributed by atoms with van der Waals surface area (Å²) in [5, 5.41) is 17.1. The van der Waals surface area contributed by atoms with Crippen molar-refractivity contribution in [3.8, 4) is 11.9 Å². The molecule has 0 aromatic carbocycles. The second-order valence-corrected chi connectivity index (χ2v) is 2.86. The second kappa shape index (κ2) is 2.96. The first kappa shape index (κ1) is 8.44. The molecule has 6 nitrogen and oxygen atoms in total. The maximum absolute atomic E-state index is 8.95. The molecule has 0 aliphatic heterocycles. The number of aromatic nitrogens is 5. The third kappa shape index (κ3) is 1.07. The molecule has 70 valence electrons. The first-order chi connectivity index (χ1) is 6.74. The molecule has 0 N–H and O–H groups in total. The van der Waals surface area contributed by atoms with Gasteiger partial charge in [-0.05, 0) is 6.92 Å². The number of nitriles is 1. The predicted octanol–water partition coefficient (Wildman–Crippen LogP) is 0.181. The average molecular weight is 188 g/mol. The van der Waals surface area contributed by atoms with Crippen LogP contribution in [0, 0.1) is 18.3 Å². The van der Waals surface area contributed by atoms with Crippen molar-refractivity contribution in [2.45, 2.75) is 6.92 Å². The topological polar surface area (TPSA) is 72.3 Å². The molecule has 0 radical (unpaired) electrons. The molecule has 0 saturated heterocycles. The summed E-state index contributed by atoms with van der Waals surface area (Å²) in [6.07, 6.45) is 2.96. The number of nitrogens with zero attached hydrogens (tertiary/aromatic N) is 6. The molecule has 0 amide bonds. The maximum atomic E-state index is 8.95. The van der Waals surface area contributed by atoms with Crippen LogP contribution in [0.5, 0.6) is 0 Å². The van der Waals surface area contributed by atoms with Crippen molar-refractivity contribution in [1.82, 2.24) is 24.5 Å². The summed E-state index contributed by atoms with van der Waals surface area (Å²) < 4.78 is 3.14. The Labute approximate surface area is 80.4 Å². The van der Waals surface area contributed by atoms with Crippen molar-refractivity contribution in [2.75, 3.05) is 0 Å². The van der Waals surface area contributed by atoms with Gasteiger partial charge in [0.15, 0.2) is 5.82 Å². The fourth-order valence-electron chi connectivity index (χ4n) is 1.36. The zero-order valence-corrected chi connectivity index (χ0v) is 7.84. The molecule has 0 aliphatic carbocycles. The van der Waals surface area contributed by atoms with Gasteiger partial charge in [0.05, 0.1) is 5.69 Å². The van der Waals surface area contributed by atoms with Crippen LogP contribution in [0.2, 0.25) is 0 Å². The Kier molecular flexibility index (Phi) is 1.78. The molecule has 0 unspecified atom stereocenters. The van der Waals surface area contributed by atoms with Crippen molar-refractivity contribution in [3.63, 3.8) is 0 Å². The van der Waals surface area contributed by atoms with Gasteiger partial charge in [-0.3, -0.25) is 0 Å². The van der Waals surface area contributed by atoms with Gasteiger partial charge in [0.1, 0.15) is 24.3 Å². The molecule has 0 bridgehead atoms. The van der Waals surface area contributed by atoms with Crippen molar-refractivity contribution in [3.05, 3.63) is 23.9 Å². The van der Waals surface area contributed by atoms with E-state index in [1.165, 1.54) is 17.3 Å². The van der Waals surface area contributed by atoms with Crippen LogP contribution in [0.25, 0.3) is 5.82 Å². The second-order valence-electron chi connectivity index (χ2n) is 2.86. The number of hydrogen-bond donors (Lipinski definition) is 0. The Morgan fingerprint density at radius 2 is 2.29 bits per heavy atom. The lowest BCUT2D eigenvalue weighted by molar-refractivity contribution is 0.692. The number of rotatable bonds is 1. The molecule has 0 fully saturated rings. The van der Waals surface area contributed by atoms with E-state index in [1.54, 1.807) is 18.7 Å². The molecule has 2 heterocycles. The molecule has 2 rings (SSSR count). The van der Waals surface area contributed by atoms with Crippen LogP contribution in [0.15, 0.2) is 12.7 Å². The van der Waals surface area contributed by atoms with Gasteiger partial charge >= 0.3 is 0 Å². The zero-order chi connectivity index (χ0) is 10.1. The highest BCUT2D eigenvalue weighted by atomic mass is 15.4. The summed E-state index contributed by atoms with van der Waals surface area (Å²) in [6.45, 7) is 1.79. The Hall–Kier alpha value is -2.16. The van der Waals surface area contributed by atoms with Crippen LogP contribution < -0.4 is 0 Å². The van der Waals surface area contributed by atoms with Gasteiger partial charge in [-0.2, -0.15) is 15.5 Å². The molecule has 2 aromatic heterocycles. The Bertz CT molecular complexity index is 487. The monoisotopic (exact) mass is 188 g/mol. The summed E-state index contributed by atoms with van der Waals surface area (Å²) in [5.74, 6) is 0.641. The number of aryl methyl sites for hydroxylation is 2. The van der Waals surface area contributed by atoms with Crippen LogP contribution in [0.3, 0.4) is 0 Å². The smallest absolute Gasteiger partial charge is 0.171 e. The molecule has 2 aromatic rings. The van der Waals surface area contributed by atoms with E-state index in [9.17, 15) is 0 Å². The summed E-state index contributed by atoms with van der Waals surface area (Å²) in [6, 6.07) is 2.10. The lowest BCUT2D eigenvalue weighted by Crippen LogP contribution is -2.04. The first-order valence-corrected chi connectivity index (χ1v) is 4.02. The third-order valence-corrected chi connectivity index (χ3v) is 1.94. The van der Waals surface area contributed by atoms with E-state index in [0.717, 1.165) is 0 Å². The standard InChI is InChI=1S/C8H8N6/c1-6-7(3-9)8(13(2)12-6)14-5-10-4-11-14/h4-5H,1-2H3. The molecule has 0 aliphatic rings. The molecular weight excluding hydrogens is 180 g/mol. The van der Waals surface area contributed by atoms with Crippen LogP contribution in [0.1, 0.15) is 11.3 Å². The zero-order valence-electron chi connectivity index (χ0n) is 7.84. The van der Waals surface area contributed by atoms with Gasteiger partial charge in [-0.15, -0.1) is 0 Å². The van der Waals surface area contributed by atoms with Crippen LogP contribution >= 0.6 is 0 Å². The third-order valence-electron chi connectivity index (χ3n) is 1.94. The Balaban J connectivity index is 2.70. The minimum Gasteiger partial charge on any atom is -0.249 e. The minimum absolute atomic E-state index is 0.526. The van der Waals surface area contributed by atoms with Crippen LogP contribution in [0.4, 0.5) is 0 Å². The van der Waals surface area contributed by atoms with Gasteiger partial charge in [0.25, 0.3) is 0 Å². The Morgan fingerprint density at radius 3 is 2.86 bits per heavy atom. The van der Waals surface area contributed by atoms with E-state index in [-0.39, 0.29) is 0 Å². The quantitative estimate of drug-likeness (QED) is 0.640. The predicted molar refractivity (Wildman–Crippen MR) is 47.6 cm³/mol. The van der Waals surface area contributed by atoms with Gasteiger partial charge < -0.3 is 0 Å².